The molecule has 0 aromatic heterocycles. The zero-order valence-electron chi connectivity index (χ0n) is 10.8. The topological polar surface area (TPSA) is 20.3 Å². The number of hydrogen-bond donors (Lipinski definition) is 0. The van der Waals surface area contributed by atoms with E-state index < -0.39 is 42.2 Å². The average molecular weight is 295 g/mol. The molecule has 1 aromatic carbocycles. The molecule has 0 unspecified atom stereocenters. The molecule has 0 spiro atoms. The molecule has 0 aliphatic rings. The van der Waals surface area contributed by atoms with E-state index in [2.05, 4.69) is 0 Å². The summed E-state index contributed by atoms with van der Waals surface area (Å²) in [5.74, 6) is -3.14. The van der Waals surface area contributed by atoms with Gasteiger partial charge in [-0.1, -0.05) is 13.0 Å². The number of halogens is 5. The predicted octanol–water partition coefficient (Wildman–Crippen LogP) is 3.42. The quantitative estimate of drug-likeness (QED) is 0.592. The fourth-order valence-corrected chi connectivity index (χ4v) is 1.83. The van der Waals surface area contributed by atoms with Gasteiger partial charge in [-0.05, 0) is 25.1 Å². The summed E-state index contributed by atoms with van der Waals surface area (Å²) in [6.45, 7) is -0.299. The van der Waals surface area contributed by atoms with Gasteiger partial charge in [-0.3, -0.25) is 9.69 Å². The number of hydrogen-bond acceptors (Lipinski definition) is 2. The van der Waals surface area contributed by atoms with Crippen LogP contribution in [-0.4, -0.2) is 36.5 Å². The van der Waals surface area contributed by atoms with E-state index >= 15 is 0 Å². The van der Waals surface area contributed by atoms with Crippen LogP contribution in [0.1, 0.15) is 23.7 Å². The van der Waals surface area contributed by atoms with Crippen LogP contribution < -0.4 is 0 Å². The third-order valence-electron chi connectivity index (χ3n) is 2.55. The minimum Gasteiger partial charge on any atom is -0.292 e. The molecule has 0 bridgehead atoms. The lowest BCUT2D eigenvalue weighted by Crippen LogP contribution is -2.38. The number of carbonyl (C=O) groups is 1. The Morgan fingerprint density at radius 2 is 1.75 bits per heavy atom. The van der Waals surface area contributed by atoms with Crippen LogP contribution in [0.15, 0.2) is 18.2 Å². The van der Waals surface area contributed by atoms with Crippen LogP contribution in [0.3, 0.4) is 0 Å². The Bertz CT molecular complexity index is 452. The molecule has 0 aliphatic carbocycles. The number of Topliss-reactive ketones (excluding diaryl/α,β-unsaturated/α-hetero) is 1. The van der Waals surface area contributed by atoms with Gasteiger partial charge in [-0.15, -0.1) is 0 Å². The van der Waals surface area contributed by atoms with Crippen LogP contribution in [0.5, 0.6) is 0 Å². The van der Waals surface area contributed by atoms with Crippen molar-refractivity contribution in [2.75, 3.05) is 19.6 Å². The summed E-state index contributed by atoms with van der Waals surface area (Å²) in [7, 11) is 0. The highest BCUT2D eigenvalue weighted by Gasteiger charge is 2.31. The monoisotopic (exact) mass is 295 g/mol. The largest absolute Gasteiger partial charge is 0.401 e. The number of alkyl halides is 3. The molecule has 0 radical (unpaired) electrons. The minimum atomic E-state index is -4.47. The SMILES string of the molecule is CCCN(CC(=O)c1c(F)cccc1F)CC(F)(F)F. The molecule has 0 aliphatic heterocycles. The van der Waals surface area contributed by atoms with Crippen LogP contribution in [0.4, 0.5) is 22.0 Å². The van der Waals surface area contributed by atoms with Gasteiger partial charge < -0.3 is 0 Å². The first-order chi connectivity index (χ1) is 9.24. The molecular formula is C13H14F5NO. The lowest BCUT2D eigenvalue weighted by molar-refractivity contribution is -0.144. The van der Waals surface area contributed by atoms with Crippen molar-refractivity contribution in [3.8, 4) is 0 Å². The second-order valence-electron chi connectivity index (χ2n) is 4.35. The van der Waals surface area contributed by atoms with Crippen LogP contribution >= 0.6 is 0 Å². The molecule has 7 heteroatoms. The minimum absolute atomic E-state index is 0.0152. The van der Waals surface area contributed by atoms with Gasteiger partial charge in [0.25, 0.3) is 0 Å². The number of rotatable bonds is 6. The molecule has 2 nitrogen and oxygen atoms in total. The van der Waals surface area contributed by atoms with Crippen molar-refractivity contribution in [3.63, 3.8) is 0 Å². The summed E-state index contributed by atoms with van der Waals surface area (Å²) in [5.41, 5.74) is -0.796. The standard InChI is InChI=1S/C13H14F5NO/c1-2-6-19(8-13(16,17)18)7-11(20)12-9(14)4-3-5-10(12)15/h3-5H,2,6-8H2,1H3. The molecule has 0 saturated carbocycles. The molecule has 112 valence electrons. The van der Waals surface area contributed by atoms with E-state index in [0.29, 0.717) is 6.42 Å². The molecule has 0 saturated heterocycles. The van der Waals surface area contributed by atoms with E-state index in [9.17, 15) is 26.7 Å². The highest BCUT2D eigenvalue weighted by molar-refractivity contribution is 5.98. The lowest BCUT2D eigenvalue weighted by Gasteiger charge is -2.22. The zero-order chi connectivity index (χ0) is 15.3. The van der Waals surface area contributed by atoms with E-state index in [-0.39, 0.29) is 6.54 Å². The van der Waals surface area contributed by atoms with Gasteiger partial charge in [-0.25, -0.2) is 8.78 Å². The van der Waals surface area contributed by atoms with Crippen LogP contribution in [0.2, 0.25) is 0 Å². The van der Waals surface area contributed by atoms with Gasteiger partial charge in [0.05, 0.1) is 18.7 Å². The summed E-state index contributed by atoms with van der Waals surface area (Å²) in [5, 5.41) is 0. The van der Waals surface area contributed by atoms with Gasteiger partial charge >= 0.3 is 6.18 Å². The lowest BCUT2D eigenvalue weighted by atomic mass is 10.1. The fourth-order valence-electron chi connectivity index (χ4n) is 1.83. The number of nitrogens with zero attached hydrogens (tertiary/aromatic N) is 1. The van der Waals surface area contributed by atoms with Crippen LogP contribution in [-0.2, 0) is 0 Å². The molecule has 1 aromatic rings. The van der Waals surface area contributed by atoms with E-state index in [0.717, 1.165) is 23.1 Å². The Morgan fingerprint density at radius 1 is 1.20 bits per heavy atom. The normalized spacial score (nSPS) is 11.9. The van der Waals surface area contributed by atoms with Crippen molar-refractivity contribution in [3.05, 3.63) is 35.4 Å². The average Bonchev–Trinajstić information content (AvgIpc) is 2.26. The molecule has 0 atom stereocenters. The first kappa shape index (κ1) is 16.6. The summed E-state index contributed by atoms with van der Waals surface area (Å²) in [4.78, 5) is 12.6. The highest BCUT2D eigenvalue weighted by atomic mass is 19.4. The van der Waals surface area contributed by atoms with E-state index in [1.165, 1.54) is 0 Å². The summed E-state index contributed by atoms with van der Waals surface area (Å²) in [6, 6.07) is 2.87. The van der Waals surface area contributed by atoms with Crippen molar-refractivity contribution in [2.24, 2.45) is 0 Å². The van der Waals surface area contributed by atoms with Gasteiger partial charge in [0, 0.05) is 0 Å². The maximum absolute atomic E-state index is 13.4. The maximum Gasteiger partial charge on any atom is 0.401 e. The van der Waals surface area contributed by atoms with Crippen LogP contribution in [0.25, 0.3) is 0 Å². The zero-order valence-corrected chi connectivity index (χ0v) is 10.8. The molecule has 0 fully saturated rings. The Balaban J connectivity index is 2.85. The molecule has 0 amide bonds. The molecule has 20 heavy (non-hydrogen) atoms. The van der Waals surface area contributed by atoms with Gasteiger partial charge in [-0.2, -0.15) is 13.2 Å². The van der Waals surface area contributed by atoms with Crippen molar-refractivity contribution in [2.45, 2.75) is 19.5 Å². The summed E-state index contributed by atoms with van der Waals surface area (Å²) < 4.78 is 63.8. The number of benzene rings is 1. The Morgan fingerprint density at radius 3 is 2.20 bits per heavy atom. The molecular weight excluding hydrogens is 281 g/mol. The third kappa shape index (κ3) is 4.88. The van der Waals surface area contributed by atoms with Gasteiger partial charge in [0.2, 0.25) is 0 Å². The van der Waals surface area contributed by atoms with Crippen molar-refractivity contribution < 1.29 is 26.7 Å². The summed E-state index contributed by atoms with van der Waals surface area (Å²) >= 11 is 0. The van der Waals surface area contributed by atoms with Crippen molar-refractivity contribution >= 4 is 5.78 Å². The number of ketones is 1. The highest BCUT2D eigenvalue weighted by Crippen LogP contribution is 2.18. The number of carbonyl (C=O) groups excluding carboxylic acids is 1. The van der Waals surface area contributed by atoms with E-state index in [1.54, 1.807) is 6.92 Å². The summed E-state index contributed by atoms with van der Waals surface area (Å²) in [6.07, 6.45) is -4.08. The Hall–Kier alpha value is -1.50. The van der Waals surface area contributed by atoms with E-state index in [4.69, 9.17) is 0 Å². The fraction of sp³-hybridized carbons (Fsp3) is 0.462. The second-order valence-corrected chi connectivity index (χ2v) is 4.35. The Labute approximate surface area is 113 Å². The van der Waals surface area contributed by atoms with Gasteiger partial charge in [0.1, 0.15) is 11.6 Å². The van der Waals surface area contributed by atoms with Gasteiger partial charge in [0.15, 0.2) is 5.78 Å². The second kappa shape index (κ2) is 6.78. The van der Waals surface area contributed by atoms with Crippen molar-refractivity contribution in [1.82, 2.24) is 4.90 Å². The van der Waals surface area contributed by atoms with Crippen molar-refractivity contribution in [1.29, 1.82) is 0 Å². The van der Waals surface area contributed by atoms with E-state index in [1.807, 2.05) is 0 Å². The maximum atomic E-state index is 13.4. The third-order valence-corrected chi connectivity index (χ3v) is 2.55. The first-order valence-electron chi connectivity index (χ1n) is 6.01. The molecule has 0 heterocycles. The predicted molar refractivity (Wildman–Crippen MR) is 63.5 cm³/mol. The molecule has 0 N–H and O–H groups in total. The Kier molecular flexibility index (Phi) is 5.62. The first-order valence-corrected chi connectivity index (χ1v) is 6.01. The molecule has 1 rings (SSSR count). The smallest absolute Gasteiger partial charge is 0.292 e. The van der Waals surface area contributed by atoms with Crippen LogP contribution in [0, 0.1) is 11.6 Å².